The monoisotopic (exact) mass is 498 g/mol. The van der Waals surface area contributed by atoms with Crippen molar-refractivity contribution in [2.75, 3.05) is 12.3 Å². The number of amides is 2. The fourth-order valence-corrected chi connectivity index (χ4v) is 4.57. The molecule has 0 aliphatic rings. The summed E-state index contributed by atoms with van der Waals surface area (Å²) < 4.78 is 14.5. The zero-order chi connectivity index (χ0) is 24.3. The smallest absolute Gasteiger partial charge is 0.243 e. The summed E-state index contributed by atoms with van der Waals surface area (Å²) in [6.07, 6.45) is 0.342. The molecule has 3 aromatic rings. The molecule has 0 fully saturated rings. The van der Waals surface area contributed by atoms with Gasteiger partial charge in [-0.3, -0.25) is 9.59 Å². The number of hydrogen-bond acceptors (Lipinski definition) is 3. The highest BCUT2D eigenvalue weighted by molar-refractivity contribution is 7.99. The van der Waals surface area contributed by atoms with Crippen LogP contribution in [0, 0.1) is 5.82 Å². The first kappa shape index (κ1) is 25.8. The maximum Gasteiger partial charge on any atom is 0.243 e. The van der Waals surface area contributed by atoms with Gasteiger partial charge in [0, 0.05) is 35.8 Å². The Balaban J connectivity index is 1.82. The Hall–Kier alpha value is -2.83. The van der Waals surface area contributed by atoms with Gasteiger partial charge in [0.2, 0.25) is 11.8 Å². The molecule has 3 rings (SSSR count). The molecular weight excluding hydrogens is 471 g/mol. The maximum absolute atomic E-state index is 14.5. The molecule has 7 heteroatoms. The molecule has 1 atom stereocenters. The van der Waals surface area contributed by atoms with E-state index in [0.717, 1.165) is 11.1 Å². The van der Waals surface area contributed by atoms with E-state index in [0.29, 0.717) is 29.3 Å². The summed E-state index contributed by atoms with van der Waals surface area (Å²) in [7, 11) is 0. The number of nitrogens with zero attached hydrogens (tertiary/aromatic N) is 1. The number of likely N-dealkylation sites (N-methyl/N-ethyl adjacent to an activating group) is 1. The zero-order valence-corrected chi connectivity index (χ0v) is 20.6. The van der Waals surface area contributed by atoms with Gasteiger partial charge in [-0.25, -0.2) is 4.39 Å². The standard InChI is InChI=1S/C27H28ClFN2O2S/c1-2-30-27(33)25(16-20-8-4-3-5-9-20)31(17-22-10-6-7-11-24(22)29)26(32)19-34-18-21-12-14-23(28)15-13-21/h3-15,25H,2,16-19H2,1H3,(H,30,33)/t25-/m0/s1. The topological polar surface area (TPSA) is 49.4 Å². The number of thioether (sulfide) groups is 1. The fourth-order valence-electron chi connectivity index (χ4n) is 3.58. The minimum atomic E-state index is -0.759. The third-order valence-electron chi connectivity index (χ3n) is 5.33. The molecule has 2 amide bonds. The van der Waals surface area contributed by atoms with Crippen LogP contribution in [-0.4, -0.2) is 35.1 Å². The number of benzene rings is 3. The largest absolute Gasteiger partial charge is 0.355 e. The Kier molecular flexibility index (Phi) is 9.98. The van der Waals surface area contributed by atoms with Gasteiger partial charge >= 0.3 is 0 Å². The highest BCUT2D eigenvalue weighted by atomic mass is 35.5. The van der Waals surface area contributed by atoms with Crippen molar-refractivity contribution in [3.05, 3.63) is 106 Å². The maximum atomic E-state index is 14.5. The lowest BCUT2D eigenvalue weighted by molar-refractivity contribution is -0.139. The Morgan fingerprint density at radius 2 is 1.65 bits per heavy atom. The first-order valence-corrected chi connectivity index (χ1v) is 12.7. The number of rotatable bonds is 11. The molecular formula is C27H28ClFN2O2S. The first-order chi connectivity index (χ1) is 16.5. The van der Waals surface area contributed by atoms with Gasteiger partial charge in [0.15, 0.2) is 0 Å². The molecule has 1 N–H and O–H groups in total. The van der Waals surface area contributed by atoms with Crippen LogP contribution in [-0.2, 0) is 28.3 Å². The Morgan fingerprint density at radius 1 is 0.971 bits per heavy atom. The predicted molar refractivity (Wildman–Crippen MR) is 137 cm³/mol. The zero-order valence-electron chi connectivity index (χ0n) is 19.0. The summed E-state index contributed by atoms with van der Waals surface area (Å²) in [5, 5.41) is 3.50. The molecule has 0 aliphatic heterocycles. The lowest BCUT2D eigenvalue weighted by Gasteiger charge is -2.31. The second-order valence-electron chi connectivity index (χ2n) is 7.83. The van der Waals surface area contributed by atoms with Crippen LogP contribution in [0.15, 0.2) is 78.9 Å². The molecule has 0 saturated heterocycles. The summed E-state index contributed by atoms with van der Waals surface area (Å²) in [6.45, 7) is 2.29. The van der Waals surface area contributed by atoms with Gasteiger partial charge in [0.05, 0.1) is 5.75 Å². The molecule has 0 heterocycles. The Bertz CT molecular complexity index is 1080. The van der Waals surface area contributed by atoms with Crippen molar-refractivity contribution in [2.45, 2.75) is 31.7 Å². The third kappa shape index (κ3) is 7.61. The van der Waals surface area contributed by atoms with E-state index in [1.165, 1.54) is 22.7 Å². The lowest BCUT2D eigenvalue weighted by Crippen LogP contribution is -2.51. The van der Waals surface area contributed by atoms with Gasteiger partial charge < -0.3 is 10.2 Å². The predicted octanol–water partition coefficient (Wildman–Crippen LogP) is 5.49. The summed E-state index contributed by atoms with van der Waals surface area (Å²) in [6, 6.07) is 22.6. The molecule has 0 spiro atoms. The molecule has 0 aliphatic carbocycles. The van der Waals surface area contributed by atoms with E-state index in [2.05, 4.69) is 5.32 Å². The van der Waals surface area contributed by atoms with Crippen molar-refractivity contribution in [3.63, 3.8) is 0 Å². The number of halogens is 2. The molecule has 0 bridgehead atoms. The van der Waals surface area contributed by atoms with Gasteiger partial charge in [0.25, 0.3) is 0 Å². The summed E-state index contributed by atoms with van der Waals surface area (Å²) in [4.78, 5) is 28.0. The molecule has 0 saturated carbocycles. The average molecular weight is 499 g/mol. The number of hydrogen-bond donors (Lipinski definition) is 1. The molecule has 34 heavy (non-hydrogen) atoms. The molecule has 4 nitrogen and oxygen atoms in total. The minimum absolute atomic E-state index is 0.0155. The Labute approximate surface area is 209 Å². The average Bonchev–Trinajstić information content (AvgIpc) is 2.84. The van der Waals surface area contributed by atoms with E-state index in [9.17, 15) is 14.0 Å². The fraction of sp³-hybridized carbons (Fsp3) is 0.259. The Morgan fingerprint density at radius 3 is 2.32 bits per heavy atom. The van der Waals surface area contributed by atoms with Gasteiger partial charge in [-0.2, -0.15) is 0 Å². The molecule has 0 unspecified atom stereocenters. The normalized spacial score (nSPS) is 11.6. The molecule has 178 valence electrons. The van der Waals surface area contributed by atoms with E-state index < -0.39 is 11.9 Å². The van der Waals surface area contributed by atoms with Crippen LogP contribution >= 0.6 is 23.4 Å². The van der Waals surface area contributed by atoms with Gasteiger partial charge in [-0.1, -0.05) is 72.3 Å². The van der Waals surface area contributed by atoms with E-state index in [4.69, 9.17) is 11.6 Å². The molecule has 0 aromatic heterocycles. The minimum Gasteiger partial charge on any atom is -0.355 e. The van der Waals surface area contributed by atoms with Gasteiger partial charge in [-0.15, -0.1) is 11.8 Å². The van der Waals surface area contributed by atoms with Crippen LogP contribution in [0.5, 0.6) is 0 Å². The van der Waals surface area contributed by atoms with Crippen molar-refractivity contribution in [2.24, 2.45) is 0 Å². The third-order valence-corrected chi connectivity index (χ3v) is 6.57. The quantitative estimate of drug-likeness (QED) is 0.380. The lowest BCUT2D eigenvalue weighted by atomic mass is 10.0. The number of carbonyl (C=O) groups is 2. The van der Waals surface area contributed by atoms with Crippen molar-refractivity contribution < 1.29 is 14.0 Å². The van der Waals surface area contributed by atoms with E-state index >= 15 is 0 Å². The SMILES string of the molecule is CCNC(=O)[C@H](Cc1ccccc1)N(Cc1ccccc1F)C(=O)CSCc1ccc(Cl)cc1. The first-order valence-electron chi connectivity index (χ1n) is 11.1. The number of nitrogens with one attached hydrogen (secondary N) is 1. The van der Waals surface area contributed by atoms with Crippen molar-refractivity contribution >= 4 is 35.2 Å². The van der Waals surface area contributed by atoms with Crippen LogP contribution in [0.3, 0.4) is 0 Å². The molecule has 3 aromatic carbocycles. The molecule has 0 radical (unpaired) electrons. The van der Waals surface area contributed by atoms with Crippen LogP contribution in [0.25, 0.3) is 0 Å². The van der Waals surface area contributed by atoms with Crippen LogP contribution in [0.4, 0.5) is 4.39 Å². The second-order valence-corrected chi connectivity index (χ2v) is 9.25. The highest BCUT2D eigenvalue weighted by Gasteiger charge is 2.30. The summed E-state index contributed by atoms with van der Waals surface area (Å²) >= 11 is 7.40. The van der Waals surface area contributed by atoms with Crippen molar-refractivity contribution in [1.29, 1.82) is 0 Å². The van der Waals surface area contributed by atoms with Crippen molar-refractivity contribution in [1.82, 2.24) is 10.2 Å². The van der Waals surface area contributed by atoms with E-state index in [1.54, 1.807) is 18.2 Å². The summed E-state index contributed by atoms with van der Waals surface area (Å²) in [5.74, 6) is -0.0699. The van der Waals surface area contributed by atoms with Crippen LogP contribution in [0.1, 0.15) is 23.6 Å². The van der Waals surface area contributed by atoms with Crippen LogP contribution in [0.2, 0.25) is 5.02 Å². The summed E-state index contributed by atoms with van der Waals surface area (Å²) in [5.41, 5.74) is 2.35. The number of carbonyl (C=O) groups excluding carboxylic acids is 2. The highest BCUT2D eigenvalue weighted by Crippen LogP contribution is 2.20. The van der Waals surface area contributed by atoms with Crippen LogP contribution < -0.4 is 5.32 Å². The van der Waals surface area contributed by atoms with Crippen molar-refractivity contribution in [3.8, 4) is 0 Å². The van der Waals surface area contributed by atoms with Gasteiger partial charge in [0.1, 0.15) is 11.9 Å². The van der Waals surface area contributed by atoms with E-state index in [-0.39, 0.29) is 24.1 Å². The second kappa shape index (κ2) is 13.2. The van der Waals surface area contributed by atoms with Gasteiger partial charge in [-0.05, 0) is 36.2 Å². The van der Waals surface area contributed by atoms with E-state index in [1.807, 2.05) is 61.5 Å².